The SMILES string of the molecule is COC(=O)C1CN(C(=O)OC(C)(C)C)c2ccc(NS(=O)(=O)c3cc(Cl)cc(Cl)c3)cc21. The van der Waals surface area contributed by atoms with Crippen LogP contribution in [0.4, 0.5) is 16.2 Å². The number of carbonyl (C=O) groups excluding carboxylic acids is 2. The molecule has 0 aromatic heterocycles. The Labute approximate surface area is 196 Å². The summed E-state index contributed by atoms with van der Waals surface area (Å²) in [5.41, 5.74) is 0.337. The predicted molar refractivity (Wildman–Crippen MR) is 122 cm³/mol. The number of anilines is 2. The molecule has 0 radical (unpaired) electrons. The number of rotatable bonds is 4. The fourth-order valence-electron chi connectivity index (χ4n) is 3.25. The topological polar surface area (TPSA) is 102 Å². The van der Waals surface area contributed by atoms with Crippen LogP contribution in [0.2, 0.25) is 10.0 Å². The Morgan fingerprint density at radius 3 is 2.28 bits per heavy atom. The Hall–Kier alpha value is -2.49. The maximum atomic E-state index is 12.8. The number of nitrogens with one attached hydrogen (secondary N) is 1. The minimum absolute atomic E-state index is 0.0109. The highest BCUT2D eigenvalue weighted by molar-refractivity contribution is 7.92. The van der Waals surface area contributed by atoms with Crippen molar-refractivity contribution in [2.24, 2.45) is 0 Å². The van der Waals surface area contributed by atoms with Crippen molar-refractivity contribution in [3.05, 3.63) is 52.0 Å². The molecular formula is C21H22Cl2N2O6S. The molecule has 1 heterocycles. The van der Waals surface area contributed by atoms with E-state index in [4.69, 9.17) is 32.7 Å². The van der Waals surface area contributed by atoms with Gasteiger partial charge in [0.25, 0.3) is 10.0 Å². The number of carbonyl (C=O) groups is 2. The molecular weight excluding hydrogens is 479 g/mol. The van der Waals surface area contributed by atoms with Gasteiger partial charge in [0.2, 0.25) is 0 Å². The van der Waals surface area contributed by atoms with Gasteiger partial charge in [-0.2, -0.15) is 0 Å². The minimum atomic E-state index is -4.01. The molecule has 1 atom stereocenters. The molecule has 0 saturated carbocycles. The van der Waals surface area contributed by atoms with Crippen LogP contribution >= 0.6 is 23.2 Å². The first-order valence-corrected chi connectivity index (χ1v) is 11.8. The smallest absolute Gasteiger partial charge is 0.414 e. The monoisotopic (exact) mass is 500 g/mol. The Kier molecular flexibility index (Phi) is 6.65. The predicted octanol–water partition coefficient (Wildman–Crippen LogP) is 4.81. The molecule has 0 saturated heterocycles. The van der Waals surface area contributed by atoms with Crippen molar-refractivity contribution in [1.29, 1.82) is 0 Å². The second kappa shape index (κ2) is 8.80. The third-order valence-electron chi connectivity index (χ3n) is 4.56. The van der Waals surface area contributed by atoms with E-state index in [9.17, 15) is 18.0 Å². The summed E-state index contributed by atoms with van der Waals surface area (Å²) >= 11 is 11.8. The first-order chi connectivity index (χ1) is 14.8. The lowest BCUT2D eigenvalue weighted by Crippen LogP contribution is -2.37. The van der Waals surface area contributed by atoms with Gasteiger partial charge in [0.1, 0.15) is 11.5 Å². The molecule has 0 spiro atoms. The second-order valence-corrected chi connectivity index (χ2v) is 10.7. The van der Waals surface area contributed by atoms with Crippen molar-refractivity contribution >= 4 is 56.7 Å². The number of amides is 1. The van der Waals surface area contributed by atoms with Crippen molar-refractivity contribution in [3.63, 3.8) is 0 Å². The van der Waals surface area contributed by atoms with Crippen molar-refractivity contribution < 1.29 is 27.5 Å². The van der Waals surface area contributed by atoms with Crippen LogP contribution < -0.4 is 9.62 Å². The van der Waals surface area contributed by atoms with Gasteiger partial charge in [0.15, 0.2) is 0 Å². The van der Waals surface area contributed by atoms with E-state index in [1.165, 1.54) is 42.3 Å². The molecule has 1 aliphatic rings. The second-order valence-electron chi connectivity index (χ2n) is 8.15. The van der Waals surface area contributed by atoms with Crippen molar-refractivity contribution in [2.45, 2.75) is 37.2 Å². The summed E-state index contributed by atoms with van der Waals surface area (Å²) < 4.78 is 38.4. The Bertz CT molecular complexity index is 1160. The highest BCUT2D eigenvalue weighted by Gasteiger charge is 2.39. The fraction of sp³-hybridized carbons (Fsp3) is 0.333. The van der Waals surface area contributed by atoms with Gasteiger partial charge in [-0.3, -0.25) is 14.4 Å². The molecule has 2 aromatic rings. The summed E-state index contributed by atoms with van der Waals surface area (Å²) in [5.74, 6) is -1.36. The molecule has 0 aliphatic carbocycles. The van der Waals surface area contributed by atoms with Gasteiger partial charge in [-0.25, -0.2) is 13.2 Å². The number of sulfonamides is 1. The fourth-order valence-corrected chi connectivity index (χ4v) is 5.03. The number of ether oxygens (including phenoxy) is 2. The van der Waals surface area contributed by atoms with Crippen molar-refractivity contribution in [3.8, 4) is 0 Å². The number of methoxy groups -OCH3 is 1. The Morgan fingerprint density at radius 1 is 1.09 bits per heavy atom. The lowest BCUT2D eigenvalue weighted by Gasteiger charge is -2.25. The first-order valence-electron chi connectivity index (χ1n) is 9.52. The Morgan fingerprint density at radius 2 is 1.72 bits per heavy atom. The molecule has 1 aliphatic heterocycles. The van der Waals surface area contributed by atoms with Crippen molar-refractivity contribution in [2.75, 3.05) is 23.3 Å². The summed E-state index contributed by atoms with van der Waals surface area (Å²) in [5, 5.41) is 0.344. The summed E-state index contributed by atoms with van der Waals surface area (Å²) in [6.07, 6.45) is -0.618. The van der Waals surface area contributed by atoms with E-state index >= 15 is 0 Å². The van der Waals surface area contributed by atoms with Crippen molar-refractivity contribution in [1.82, 2.24) is 0 Å². The number of hydrogen-bond donors (Lipinski definition) is 1. The number of benzene rings is 2. The van der Waals surface area contributed by atoms with Crippen LogP contribution in [0.5, 0.6) is 0 Å². The normalized spacial score (nSPS) is 15.8. The van der Waals surface area contributed by atoms with E-state index in [2.05, 4.69) is 4.72 Å². The van der Waals surface area contributed by atoms with Crippen LogP contribution in [-0.2, 0) is 24.3 Å². The van der Waals surface area contributed by atoms with Crippen LogP contribution in [0, 0.1) is 0 Å². The summed E-state index contributed by atoms with van der Waals surface area (Å²) in [6, 6.07) is 8.48. The maximum Gasteiger partial charge on any atom is 0.414 e. The van der Waals surface area contributed by atoms with E-state index in [1.807, 2.05) is 0 Å². The van der Waals surface area contributed by atoms with Crippen LogP contribution in [-0.4, -0.2) is 39.7 Å². The summed E-state index contributed by atoms with van der Waals surface area (Å²) in [6.45, 7) is 5.22. The lowest BCUT2D eigenvalue weighted by molar-refractivity contribution is -0.142. The molecule has 1 N–H and O–H groups in total. The molecule has 2 aromatic carbocycles. The average molecular weight is 501 g/mol. The number of esters is 1. The van der Waals surface area contributed by atoms with E-state index in [0.29, 0.717) is 11.3 Å². The molecule has 3 rings (SSSR count). The standard InChI is InChI=1S/C21H22Cl2N2O6S/c1-21(2,3)31-20(27)25-11-17(19(26)30-4)16-10-14(5-6-18(16)25)24-32(28,29)15-8-12(22)7-13(23)9-15/h5-10,17,24H,11H2,1-4H3. The molecule has 0 fully saturated rings. The number of halogens is 2. The van der Waals surface area contributed by atoms with Gasteiger partial charge >= 0.3 is 12.1 Å². The zero-order valence-corrected chi connectivity index (χ0v) is 20.1. The Balaban J connectivity index is 1.97. The first kappa shape index (κ1) is 24.2. The van der Waals surface area contributed by atoms with Crippen LogP contribution in [0.15, 0.2) is 41.3 Å². The zero-order valence-electron chi connectivity index (χ0n) is 17.8. The van der Waals surface area contributed by atoms with Crippen LogP contribution in [0.3, 0.4) is 0 Å². The minimum Gasteiger partial charge on any atom is -0.468 e. The average Bonchev–Trinajstić information content (AvgIpc) is 3.04. The summed E-state index contributed by atoms with van der Waals surface area (Å²) in [4.78, 5) is 26.2. The van der Waals surface area contributed by atoms with Gasteiger partial charge in [-0.15, -0.1) is 0 Å². The molecule has 8 nitrogen and oxygen atoms in total. The zero-order chi connectivity index (χ0) is 23.8. The van der Waals surface area contributed by atoms with Gasteiger partial charge in [0.05, 0.1) is 17.7 Å². The molecule has 1 amide bonds. The van der Waals surface area contributed by atoms with Gasteiger partial charge < -0.3 is 9.47 Å². The maximum absolute atomic E-state index is 12.8. The van der Waals surface area contributed by atoms with E-state index in [-0.39, 0.29) is 27.2 Å². The molecule has 1 unspecified atom stereocenters. The summed E-state index contributed by atoms with van der Waals surface area (Å²) in [7, 11) is -2.77. The van der Waals surface area contributed by atoms with E-state index in [1.54, 1.807) is 26.8 Å². The lowest BCUT2D eigenvalue weighted by atomic mass is 10.0. The quantitative estimate of drug-likeness (QED) is 0.604. The molecule has 172 valence electrons. The van der Waals surface area contributed by atoms with Gasteiger partial charge in [0, 0.05) is 22.3 Å². The van der Waals surface area contributed by atoms with Crippen LogP contribution in [0.1, 0.15) is 32.3 Å². The van der Waals surface area contributed by atoms with Gasteiger partial charge in [-0.1, -0.05) is 23.2 Å². The molecule has 11 heteroatoms. The molecule has 0 bridgehead atoms. The van der Waals surface area contributed by atoms with Crippen LogP contribution in [0.25, 0.3) is 0 Å². The number of hydrogen-bond acceptors (Lipinski definition) is 6. The third kappa shape index (κ3) is 5.28. The van der Waals surface area contributed by atoms with Gasteiger partial charge in [-0.05, 0) is 62.7 Å². The van der Waals surface area contributed by atoms with E-state index < -0.39 is 33.6 Å². The highest BCUT2D eigenvalue weighted by Crippen LogP contribution is 2.40. The third-order valence-corrected chi connectivity index (χ3v) is 6.35. The number of nitrogens with zero attached hydrogens (tertiary/aromatic N) is 1. The highest BCUT2D eigenvalue weighted by atomic mass is 35.5. The van der Waals surface area contributed by atoms with E-state index in [0.717, 1.165) is 0 Å². The largest absolute Gasteiger partial charge is 0.468 e. The molecule has 32 heavy (non-hydrogen) atoms. The number of fused-ring (bicyclic) bond motifs is 1.